The summed E-state index contributed by atoms with van der Waals surface area (Å²) < 4.78 is 0. The van der Waals surface area contributed by atoms with Gasteiger partial charge in [-0.15, -0.1) is 0 Å². The summed E-state index contributed by atoms with van der Waals surface area (Å²) in [4.78, 5) is 0. The molecule has 0 saturated heterocycles. The minimum absolute atomic E-state index is 0.246. The summed E-state index contributed by atoms with van der Waals surface area (Å²) in [5.41, 5.74) is 8.44. The van der Waals surface area contributed by atoms with E-state index in [0.29, 0.717) is 6.54 Å². The molecule has 0 atom stereocenters. The Hall–Kier alpha value is -0.860. The fourth-order valence-corrected chi connectivity index (χ4v) is 1.63. The quantitative estimate of drug-likeness (QED) is 0.746. The largest absolute Gasteiger partial charge is 0.329 e. The first-order valence-electron chi connectivity index (χ1n) is 6.04. The SMILES string of the molecule is CC(C)(C)c1ccc(CCNCCN)cc1. The summed E-state index contributed by atoms with van der Waals surface area (Å²) in [5, 5.41) is 3.30. The van der Waals surface area contributed by atoms with Gasteiger partial charge in [0, 0.05) is 13.1 Å². The summed E-state index contributed by atoms with van der Waals surface area (Å²) in [5.74, 6) is 0. The van der Waals surface area contributed by atoms with E-state index in [-0.39, 0.29) is 5.41 Å². The Labute approximate surface area is 99.2 Å². The van der Waals surface area contributed by atoms with Crippen molar-refractivity contribution in [1.82, 2.24) is 5.32 Å². The van der Waals surface area contributed by atoms with Gasteiger partial charge in [0.15, 0.2) is 0 Å². The van der Waals surface area contributed by atoms with Gasteiger partial charge in [-0.3, -0.25) is 0 Å². The standard InChI is InChI=1S/C14H24N2/c1-14(2,3)13-6-4-12(5-7-13)8-10-16-11-9-15/h4-7,16H,8-11,15H2,1-3H3. The Morgan fingerprint density at radius 3 is 2.19 bits per heavy atom. The van der Waals surface area contributed by atoms with E-state index < -0.39 is 0 Å². The van der Waals surface area contributed by atoms with Crippen molar-refractivity contribution >= 4 is 0 Å². The van der Waals surface area contributed by atoms with Gasteiger partial charge in [0.2, 0.25) is 0 Å². The van der Waals surface area contributed by atoms with Gasteiger partial charge in [-0.2, -0.15) is 0 Å². The molecule has 0 aliphatic carbocycles. The van der Waals surface area contributed by atoms with Crippen molar-refractivity contribution in [1.29, 1.82) is 0 Å². The first-order valence-corrected chi connectivity index (χ1v) is 6.04. The molecule has 1 aromatic rings. The first kappa shape index (κ1) is 13.2. The Morgan fingerprint density at radius 2 is 1.69 bits per heavy atom. The van der Waals surface area contributed by atoms with Crippen LogP contribution in [0.5, 0.6) is 0 Å². The van der Waals surface area contributed by atoms with E-state index in [2.05, 4.69) is 50.4 Å². The monoisotopic (exact) mass is 220 g/mol. The van der Waals surface area contributed by atoms with Gasteiger partial charge in [-0.05, 0) is 29.5 Å². The Morgan fingerprint density at radius 1 is 1.06 bits per heavy atom. The van der Waals surface area contributed by atoms with Crippen LogP contribution in [0.3, 0.4) is 0 Å². The molecule has 0 spiro atoms. The summed E-state index contributed by atoms with van der Waals surface area (Å²) in [7, 11) is 0. The molecule has 0 heterocycles. The zero-order valence-corrected chi connectivity index (χ0v) is 10.7. The minimum Gasteiger partial charge on any atom is -0.329 e. The van der Waals surface area contributed by atoms with Crippen molar-refractivity contribution in [3.05, 3.63) is 35.4 Å². The molecule has 0 radical (unpaired) electrons. The molecule has 2 heteroatoms. The maximum absolute atomic E-state index is 5.41. The van der Waals surface area contributed by atoms with E-state index in [0.717, 1.165) is 19.5 Å². The van der Waals surface area contributed by atoms with E-state index in [1.165, 1.54) is 11.1 Å². The van der Waals surface area contributed by atoms with Crippen LogP contribution in [0.4, 0.5) is 0 Å². The summed E-state index contributed by atoms with van der Waals surface area (Å²) in [6.45, 7) is 9.34. The normalized spacial score (nSPS) is 11.8. The van der Waals surface area contributed by atoms with Crippen LogP contribution in [0.1, 0.15) is 31.9 Å². The van der Waals surface area contributed by atoms with Crippen molar-refractivity contribution in [3.63, 3.8) is 0 Å². The van der Waals surface area contributed by atoms with E-state index in [9.17, 15) is 0 Å². The lowest BCUT2D eigenvalue weighted by Crippen LogP contribution is -2.24. The number of benzene rings is 1. The highest BCUT2D eigenvalue weighted by molar-refractivity contribution is 5.27. The maximum Gasteiger partial charge on any atom is 0.00746 e. The number of nitrogens with two attached hydrogens (primary N) is 1. The van der Waals surface area contributed by atoms with Crippen LogP contribution < -0.4 is 11.1 Å². The number of hydrogen-bond acceptors (Lipinski definition) is 2. The average Bonchev–Trinajstić information content (AvgIpc) is 2.24. The molecule has 0 amide bonds. The molecule has 16 heavy (non-hydrogen) atoms. The van der Waals surface area contributed by atoms with E-state index in [4.69, 9.17) is 5.73 Å². The predicted molar refractivity (Wildman–Crippen MR) is 70.8 cm³/mol. The molecular formula is C14H24N2. The second-order valence-electron chi connectivity index (χ2n) is 5.24. The van der Waals surface area contributed by atoms with Gasteiger partial charge in [-0.25, -0.2) is 0 Å². The molecule has 0 saturated carbocycles. The second-order valence-corrected chi connectivity index (χ2v) is 5.24. The first-order chi connectivity index (χ1) is 7.54. The zero-order chi connectivity index (χ0) is 12.0. The molecule has 3 N–H and O–H groups in total. The lowest BCUT2D eigenvalue weighted by molar-refractivity contribution is 0.590. The smallest absolute Gasteiger partial charge is 0.00746 e. The summed E-state index contributed by atoms with van der Waals surface area (Å²) in [6, 6.07) is 8.92. The Kier molecular flexibility index (Phi) is 4.97. The topological polar surface area (TPSA) is 38.0 Å². The predicted octanol–water partition coefficient (Wildman–Crippen LogP) is 2.07. The Bertz CT molecular complexity index is 296. The third kappa shape index (κ3) is 4.33. The van der Waals surface area contributed by atoms with Gasteiger partial charge < -0.3 is 11.1 Å². The number of rotatable bonds is 5. The minimum atomic E-state index is 0.246. The highest BCUT2D eigenvalue weighted by atomic mass is 14.9. The van der Waals surface area contributed by atoms with Crippen LogP contribution in [0.25, 0.3) is 0 Å². The van der Waals surface area contributed by atoms with Crippen LogP contribution in [-0.2, 0) is 11.8 Å². The van der Waals surface area contributed by atoms with E-state index in [1.807, 2.05) is 0 Å². The third-order valence-corrected chi connectivity index (χ3v) is 2.73. The summed E-state index contributed by atoms with van der Waals surface area (Å²) in [6.07, 6.45) is 1.07. The molecule has 0 aliphatic rings. The van der Waals surface area contributed by atoms with E-state index in [1.54, 1.807) is 0 Å². The van der Waals surface area contributed by atoms with Crippen molar-refractivity contribution in [2.75, 3.05) is 19.6 Å². The maximum atomic E-state index is 5.41. The molecule has 0 fully saturated rings. The second kappa shape index (κ2) is 6.02. The molecule has 90 valence electrons. The van der Waals surface area contributed by atoms with Crippen LogP contribution in [0.2, 0.25) is 0 Å². The summed E-state index contributed by atoms with van der Waals surface area (Å²) >= 11 is 0. The lowest BCUT2D eigenvalue weighted by Gasteiger charge is -2.19. The molecule has 1 rings (SSSR count). The van der Waals surface area contributed by atoms with Gasteiger partial charge in [-0.1, -0.05) is 45.0 Å². The van der Waals surface area contributed by atoms with Crippen molar-refractivity contribution < 1.29 is 0 Å². The van der Waals surface area contributed by atoms with Gasteiger partial charge in [0.25, 0.3) is 0 Å². The van der Waals surface area contributed by atoms with Crippen molar-refractivity contribution in [2.45, 2.75) is 32.6 Å². The molecule has 1 aromatic carbocycles. The molecule has 0 bridgehead atoms. The van der Waals surface area contributed by atoms with Crippen LogP contribution in [0.15, 0.2) is 24.3 Å². The van der Waals surface area contributed by atoms with Gasteiger partial charge in [0.05, 0.1) is 0 Å². The molecule has 0 aromatic heterocycles. The highest BCUT2D eigenvalue weighted by Gasteiger charge is 2.12. The number of hydrogen-bond donors (Lipinski definition) is 2. The fraction of sp³-hybridized carbons (Fsp3) is 0.571. The van der Waals surface area contributed by atoms with Gasteiger partial charge >= 0.3 is 0 Å². The van der Waals surface area contributed by atoms with Crippen molar-refractivity contribution in [3.8, 4) is 0 Å². The average molecular weight is 220 g/mol. The van der Waals surface area contributed by atoms with E-state index >= 15 is 0 Å². The van der Waals surface area contributed by atoms with Crippen LogP contribution in [-0.4, -0.2) is 19.6 Å². The molecule has 0 aliphatic heterocycles. The van der Waals surface area contributed by atoms with Crippen LogP contribution in [0, 0.1) is 0 Å². The Balaban J connectivity index is 2.46. The molecule has 0 unspecified atom stereocenters. The zero-order valence-electron chi connectivity index (χ0n) is 10.7. The van der Waals surface area contributed by atoms with Gasteiger partial charge in [0.1, 0.15) is 0 Å². The lowest BCUT2D eigenvalue weighted by atomic mass is 9.86. The number of nitrogens with one attached hydrogen (secondary N) is 1. The fourth-order valence-electron chi connectivity index (χ4n) is 1.63. The van der Waals surface area contributed by atoms with Crippen LogP contribution >= 0.6 is 0 Å². The highest BCUT2D eigenvalue weighted by Crippen LogP contribution is 2.22. The van der Waals surface area contributed by atoms with Crippen molar-refractivity contribution in [2.24, 2.45) is 5.73 Å². The molecular weight excluding hydrogens is 196 g/mol. The third-order valence-electron chi connectivity index (χ3n) is 2.73. The molecule has 2 nitrogen and oxygen atoms in total.